The molecular weight excluding hydrogens is 1210 g/mol. The lowest BCUT2D eigenvalue weighted by Gasteiger charge is -2.40. The maximum atomic E-state index is 2.57. The number of hydrogen-bond acceptors (Lipinski definition) is 2. The van der Waals surface area contributed by atoms with Crippen molar-refractivity contribution >= 4 is 202 Å². The molecule has 0 bridgehead atoms. The van der Waals surface area contributed by atoms with E-state index in [1.165, 1.54) is 183 Å². The zero-order valence-electron chi connectivity index (χ0n) is 53.6. The predicted octanol–water partition coefficient (Wildman–Crippen LogP) is 9.44. The van der Waals surface area contributed by atoms with Crippen molar-refractivity contribution in [3.05, 3.63) is 340 Å². The molecule has 0 N–H and O–H groups in total. The minimum atomic E-state index is 0.0797. The Bertz CT molecular complexity index is 5490. The third-order valence-corrected chi connectivity index (χ3v) is 24.8. The number of rotatable bonds is 8. The van der Waals surface area contributed by atoms with Crippen LogP contribution in [0.2, 0.25) is 0 Å². The highest BCUT2D eigenvalue weighted by molar-refractivity contribution is 7.29. The van der Waals surface area contributed by atoms with Crippen molar-refractivity contribution in [3.8, 4) is 44.5 Å². The van der Waals surface area contributed by atoms with Crippen LogP contribution in [0, 0.1) is 0 Å². The minimum Gasteiger partial charge on any atom is -0.134 e. The van der Waals surface area contributed by atoms with Crippen LogP contribution in [0.5, 0.6) is 0 Å². The molecule has 2 aromatic heterocycles. The molecule has 446 valence electrons. The molecule has 0 saturated carbocycles. The van der Waals surface area contributed by atoms with E-state index >= 15 is 0 Å². The van der Waals surface area contributed by atoms with Crippen LogP contribution in [-0.2, 0) is 0 Å². The lowest BCUT2D eigenvalue weighted by Crippen LogP contribution is -2.84. The first-order valence-electron chi connectivity index (χ1n) is 34.6. The molecule has 0 fully saturated rings. The Morgan fingerprint density at radius 1 is 0.184 bits per heavy atom. The van der Waals surface area contributed by atoms with Gasteiger partial charge < -0.3 is 0 Å². The van der Waals surface area contributed by atoms with Gasteiger partial charge in [0.15, 0.2) is 0 Å². The third-order valence-electron chi connectivity index (χ3n) is 22.5. The van der Waals surface area contributed by atoms with Crippen LogP contribution >= 0.6 is 22.7 Å². The Kier molecular flexibility index (Phi) is 12.8. The predicted molar refractivity (Wildman–Crippen MR) is 433 cm³/mol. The molecule has 0 atom stereocenters. The average molecular weight is 1270 g/mol. The van der Waals surface area contributed by atoms with Gasteiger partial charge in [-0.1, -0.05) is 426 Å². The largest absolute Gasteiger partial charge is 0.240 e. The van der Waals surface area contributed by atoms with Gasteiger partial charge in [-0.2, -0.15) is 0 Å². The summed E-state index contributed by atoms with van der Waals surface area (Å²) in [5.74, 6) is 0. The molecule has 17 aromatic rings. The summed E-state index contributed by atoms with van der Waals surface area (Å²) in [5.41, 5.74) is 35.1. The third kappa shape index (κ3) is 8.44. The van der Waals surface area contributed by atoms with Crippen molar-refractivity contribution < 1.29 is 0 Å². The van der Waals surface area contributed by atoms with Crippen molar-refractivity contribution in [2.45, 2.75) is 0 Å². The quantitative estimate of drug-likeness (QED) is 0.133. The molecule has 98 heavy (non-hydrogen) atoms. The van der Waals surface area contributed by atoms with Crippen LogP contribution in [0.4, 0.5) is 0 Å². The topological polar surface area (TPSA) is 0 Å². The average Bonchev–Trinajstić information content (AvgIpc) is 0.863. The van der Waals surface area contributed by atoms with Gasteiger partial charge in [-0.3, -0.25) is 0 Å². The highest BCUT2D eigenvalue weighted by Gasteiger charge is 2.48. The van der Waals surface area contributed by atoms with Crippen molar-refractivity contribution in [2.75, 3.05) is 0 Å². The first kappa shape index (κ1) is 56.3. The summed E-state index contributed by atoms with van der Waals surface area (Å²) in [4.78, 5) is 0. The van der Waals surface area contributed by atoms with Crippen LogP contribution < -0.4 is 98.3 Å². The van der Waals surface area contributed by atoms with Crippen LogP contribution in [0.15, 0.2) is 340 Å². The minimum absolute atomic E-state index is 0.0797. The summed E-state index contributed by atoms with van der Waals surface area (Å²) in [5, 5.41) is 5.27. The van der Waals surface area contributed by atoms with Crippen LogP contribution in [-0.4, -0.2) is 40.3 Å². The molecule has 0 nitrogen and oxygen atoms in total. The highest BCUT2D eigenvalue weighted by atomic mass is 32.1. The van der Waals surface area contributed by atoms with Crippen molar-refractivity contribution in [3.63, 3.8) is 0 Å². The molecule has 4 aliphatic rings. The smallest absolute Gasteiger partial charge is 0.134 e. The van der Waals surface area contributed by atoms with Crippen molar-refractivity contribution in [1.29, 1.82) is 0 Å². The maximum Gasteiger partial charge on any atom is 0.240 e. The fourth-order valence-electron chi connectivity index (χ4n) is 18.5. The van der Waals surface area contributed by atoms with Crippen LogP contribution in [0.3, 0.4) is 0 Å². The highest BCUT2D eigenvalue weighted by Crippen LogP contribution is 2.54. The molecule has 0 radical (unpaired) electrons. The Hall–Kier alpha value is -10.9. The van der Waals surface area contributed by atoms with E-state index in [-0.39, 0.29) is 40.3 Å². The SMILES string of the molecule is c1ccc(B2c3ccccc3B3c4ccccc4B(c4ccccc4)c4cc(-c5ccc(-c6c7sc8ccccc8c7c(-c7ccc(-c8cc9c%10c(c8)B(c8ccccc8)c8ccccc8B%10c8ccccc8B9c8ccccc8)cc7)c7sc8ccccc8c67)cc5)cc2c43)cc1. The van der Waals surface area contributed by atoms with Crippen LogP contribution in [0.1, 0.15) is 0 Å². The van der Waals surface area contributed by atoms with E-state index in [1.807, 2.05) is 22.7 Å². The first-order valence-corrected chi connectivity index (χ1v) is 36.2. The Morgan fingerprint density at radius 2 is 0.418 bits per heavy atom. The lowest BCUT2D eigenvalue weighted by atomic mass is 9.14. The Balaban J connectivity index is 0.740. The van der Waals surface area contributed by atoms with Gasteiger partial charge in [0, 0.05) is 51.5 Å². The maximum absolute atomic E-state index is 2.57. The van der Waals surface area contributed by atoms with Gasteiger partial charge in [-0.25, -0.2) is 0 Å². The van der Waals surface area contributed by atoms with Gasteiger partial charge in [0.2, 0.25) is 40.3 Å². The van der Waals surface area contributed by atoms with Gasteiger partial charge in [0.1, 0.15) is 0 Å². The summed E-state index contributed by atoms with van der Waals surface area (Å²) in [6.07, 6.45) is 0. The molecule has 6 heterocycles. The fraction of sp³-hybridized carbons (Fsp3) is 0. The number of benzene rings is 15. The van der Waals surface area contributed by atoms with Gasteiger partial charge >= 0.3 is 0 Å². The number of fused-ring (bicyclic) bond motifs is 14. The zero-order valence-corrected chi connectivity index (χ0v) is 55.2. The van der Waals surface area contributed by atoms with E-state index in [9.17, 15) is 0 Å². The van der Waals surface area contributed by atoms with E-state index in [0.29, 0.717) is 0 Å². The van der Waals surface area contributed by atoms with E-state index in [1.54, 1.807) is 0 Å². The second-order valence-electron chi connectivity index (χ2n) is 27.4. The van der Waals surface area contributed by atoms with E-state index < -0.39 is 0 Å². The summed E-state index contributed by atoms with van der Waals surface area (Å²) < 4.78 is 5.26. The van der Waals surface area contributed by atoms with Gasteiger partial charge in [0.05, 0.1) is 0 Å². The van der Waals surface area contributed by atoms with Gasteiger partial charge in [-0.05, 0) is 45.5 Å². The zero-order chi connectivity index (χ0) is 64.1. The number of thiophene rings is 2. The van der Waals surface area contributed by atoms with Gasteiger partial charge in [-0.15, -0.1) is 22.7 Å². The molecule has 0 amide bonds. The summed E-state index contributed by atoms with van der Waals surface area (Å²) >= 11 is 3.89. The van der Waals surface area contributed by atoms with E-state index in [2.05, 4.69) is 340 Å². The molecule has 0 saturated heterocycles. The molecule has 0 aliphatic carbocycles. The Morgan fingerprint density at radius 3 is 0.704 bits per heavy atom. The molecule has 15 aromatic carbocycles. The molecular formula is C90H56B6S2. The molecule has 0 spiro atoms. The van der Waals surface area contributed by atoms with Crippen molar-refractivity contribution in [2.24, 2.45) is 0 Å². The molecule has 8 heteroatoms. The second kappa shape index (κ2) is 22.3. The normalized spacial score (nSPS) is 13.2. The summed E-state index contributed by atoms with van der Waals surface area (Å²) in [6.45, 7) is 0.579. The van der Waals surface area contributed by atoms with E-state index in [0.717, 1.165) is 0 Å². The summed E-state index contributed by atoms with van der Waals surface area (Å²) in [6, 6.07) is 130. The summed E-state index contributed by atoms with van der Waals surface area (Å²) in [7, 11) is 0. The first-order chi connectivity index (χ1) is 48.7. The monoisotopic (exact) mass is 1270 g/mol. The standard InChI is InChI=1S/C90H56B6S2/c1-5-25-63(26-6-1)91-69-35-15-19-39-73(69)95-74-40-20-16-36-70(74)92(64-27-7-2-8-28-64)78-54-61(53-77(91)87(78)95)57-45-49-59(50-46-57)83-85-67-33-13-23-43-81(67)98-90(85)84(86-68-34-14-24-44-82(68)97-89(83)86)60-51-47-58(48-52-60)62-55-79-88-80(56-62)94(66-31-11-4-12-32-66)72-38-18-22-42-76(72)96(88)75-41-21-17-37-71(75)93(79)65-29-9-3-10-30-65/h1-56H. The lowest BCUT2D eigenvalue weighted by molar-refractivity contribution is 1.63. The van der Waals surface area contributed by atoms with Crippen LogP contribution in [0.25, 0.3) is 84.9 Å². The van der Waals surface area contributed by atoms with Crippen molar-refractivity contribution in [1.82, 2.24) is 0 Å². The fourth-order valence-corrected chi connectivity index (χ4v) is 21.1. The second-order valence-corrected chi connectivity index (χ2v) is 29.5. The molecule has 21 rings (SSSR count). The van der Waals surface area contributed by atoms with Gasteiger partial charge in [0.25, 0.3) is 0 Å². The Labute approximate surface area is 581 Å². The van der Waals surface area contributed by atoms with E-state index in [4.69, 9.17) is 0 Å². The number of hydrogen-bond donors (Lipinski definition) is 0. The molecule has 0 unspecified atom stereocenters. The molecule has 4 aliphatic heterocycles.